The molecule has 0 saturated heterocycles. The van der Waals surface area contributed by atoms with Crippen LogP contribution in [0.25, 0.3) is 202 Å². The fourth-order valence-corrected chi connectivity index (χ4v) is 19.7. The van der Waals surface area contributed by atoms with Gasteiger partial charge >= 0.3 is 0 Å². The van der Waals surface area contributed by atoms with Gasteiger partial charge in [-0.3, -0.25) is 0 Å². The van der Waals surface area contributed by atoms with Crippen molar-refractivity contribution in [2.45, 2.75) is 10.8 Å². The molecule has 130 heavy (non-hydrogen) atoms. The Morgan fingerprint density at radius 3 is 0.831 bits per heavy atom. The maximum Gasteiger partial charge on any atom is 0.227 e. The number of hydrogen-bond donors (Lipinski definition) is 0. The number of fused-ring (bicyclic) bond motifs is 14. The predicted molar refractivity (Wildman–Crippen MR) is 518 cm³/mol. The maximum atomic E-state index is 6.50. The summed E-state index contributed by atoms with van der Waals surface area (Å²) < 4.78 is 25.5. The van der Waals surface area contributed by atoms with E-state index in [-0.39, 0.29) is 0 Å². The van der Waals surface area contributed by atoms with Crippen LogP contribution in [0.1, 0.15) is 44.5 Å². The molecule has 0 fully saturated rings. The number of para-hydroxylation sites is 2. The first-order valence-corrected chi connectivity index (χ1v) is 43.6. The highest BCUT2D eigenvalue weighted by Gasteiger charge is 2.48. The largest absolute Gasteiger partial charge is 0.456 e. The molecule has 12 nitrogen and oxygen atoms in total. The summed E-state index contributed by atoms with van der Waals surface area (Å²) in [4.78, 5) is 40.0. The van der Waals surface area contributed by atoms with Crippen LogP contribution in [0.3, 0.4) is 0 Å². The molecular formula is C118H72N8O4. The lowest BCUT2D eigenvalue weighted by atomic mass is 9.67. The smallest absolute Gasteiger partial charge is 0.227 e. The summed E-state index contributed by atoms with van der Waals surface area (Å²) in [6.07, 6.45) is 0. The van der Waals surface area contributed by atoms with Crippen molar-refractivity contribution in [2.24, 2.45) is 0 Å². The molecule has 12 heteroatoms. The second-order valence-corrected chi connectivity index (χ2v) is 33.1. The zero-order valence-corrected chi connectivity index (χ0v) is 69.8. The second kappa shape index (κ2) is 30.7. The lowest BCUT2D eigenvalue weighted by Crippen LogP contribution is -2.28. The number of furan rings is 2. The van der Waals surface area contributed by atoms with Crippen molar-refractivity contribution in [3.05, 3.63) is 481 Å². The van der Waals surface area contributed by atoms with Crippen LogP contribution in [0, 0.1) is 0 Å². The number of oxazole rings is 2. The van der Waals surface area contributed by atoms with Crippen LogP contribution in [-0.4, -0.2) is 39.9 Å². The summed E-state index contributed by atoms with van der Waals surface area (Å²) >= 11 is 0. The van der Waals surface area contributed by atoms with Crippen LogP contribution in [0.2, 0.25) is 0 Å². The molecule has 608 valence electrons. The van der Waals surface area contributed by atoms with Gasteiger partial charge in [-0.05, 0) is 180 Å². The summed E-state index contributed by atoms with van der Waals surface area (Å²) in [7, 11) is 0. The molecule has 0 saturated carbocycles. The van der Waals surface area contributed by atoms with Crippen molar-refractivity contribution in [3.63, 3.8) is 0 Å². The first-order chi connectivity index (χ1) is 64.3. The molecule has 0 amide bonds. The average molecular weight is 1670 g/mol. The van der Waals surface area contributed by atoms with E-state index in [2.05, 4.69) is 267 Å². The lowest BCUT2D eigenvalue weighted by Gasteiger charge is -2.34. The molecule has 6 heterocycles. The molecule has 0 atom stereocenters. The number of rotatable bonds is 14. The zero-order valence-electron chi connectivity index (χ0n) is 69.8. The first kappa shape index (κ1) is 75.1. The Bertz CT molecular complexity index is 8450. The third-order valence-electron chi connectivity index (χ3n) is 25.8. The second-order valence-electron chi connectivity index (χ2n) is 33.1. The summed E-state index contributed by atoms with van der Waals surface area (Å²) in [5.41, 5.74) is 31.3. The van der Waals surface area contributed by atoms with Crippen LogP contribution < -0.4 is 0 Å². The highest BCUT2D eigenvalue weighted by atomic mass is 16.4. The molecule has 0 unspecified atom stereocenters. The Hall–Kier alpha value is -17.5. The molecule has 0 aliphatic heterocycles. The van der Waals surface area contributed by atoms with Crippen LogP contribution >= 0.6 is 0 Å². The fourth-order valence-electron chi connectivity index (χ4n) is 19.7. The summed E-state index contributed by atoms with van der Waals surface area (Å²) in [5, 5.41) is 4.28. The van der Waals surface area contributed by atoms with Crippen molar-refractivity contribution in [1.82, 2.24) is 39.9 Å². The molecule has 18 aromatic carbocycles. The van der Waals surface area contributed by atoms with Crippen molar-refractivity contribution in [2.75, 3.05) is 0 Å². The number of hydrogen-bond acceptors (Lipinski definition) is 12. The van der Waals surface area contributed by atoms with E-state index in [0.717, 1.165) is 150 Å². The molecule has 2 aliphatic rings. The van der Waals surface area contributed by atoms with Crippen LogP contribution in [-0.2, 0) is 10.8 Å². The van der Waals surface area contributed by atoms with Gasteiger partial charge in [0.25, 0.3) is 0 Å². The van der Waals surface area contributed by atoms with Gasteiger partial charge in [-0.1, -0.05) is 346 Å². The van der Waals surface area contributed by atoms with Crippen molar-refractivity contribution in [1.29, 1.82) is 0 Å². The fraction of sp³-hybridized carbons (Fsp3) is 0.0169. The molecule has 0 bridgehead atoms. The standard InChI is InChI=1S/2C59H36N4O2/c1-3-14-38(15-4-1)55-61-56(63-57(62-55)42-28-32-48-47-22-9-12-25-52(47)64-53(48)35-42)41-19-13-18-40(34-41)37-26-29-43(30-27-37)59(49-23-10-7-20-45(49)46-21-8-11-24-50(46)59)44-31-33-51-54(36-44)65-58(60-51)39-16-5-2-6-17-39;1-3-13-39(14-4-1)55-61-56(63-57(62-55)42-29-33-48-47-19-9-12-22-52(47)64-53(48)35-42)40-25-23-37(24-26-40)38-27-30-43(31-28-38)59(49-20-10-7-17-45(49)46-18-8-11-21-50(46)59)44-32-34-51-54(36-44)65-58(60-51)41-15-5-2-6-16-41/h2*1-36H. The van der Waals surface area contributed by atoms with Crippen LogP contribution in [0.15, 0.2) is 454 Å². The van der Waals surface area contributed by atoms with E-state index in [0.29, 0.717) is 46.7 Å². The highest BCUT2D eigenvalue weighted by molar-refractivity contribution is 6.07. The van der Waals surface area contributed by atoms with Gasteiger partial charge in [-0.25, -0.2) is 39.9 Å². The van der Waals surface area contributed by atoms with Gasteiger partial charge < -0.3 is 17.7 Å². The Morgan fingerprint density at radius 2 is 0.431 bits per heavy atom. The number of nitrogens with zero attached hydrogens (tertiary/aromatic N) is 8. The van der Waals surface area contributed by atoms with E-state index in [1.165, 1.54) is 50.1 Å². The van der Waals surface area contributed by atoms with E-state index in [1.54, 1.807) is 0 Å². The van der Waals surface area contributed by atoms with Gasteiger partial charge in [0, 0.05) is 66.1 Å². The summed E-state index contributed by atoms with van der Waals surface area (Å²) in [5.74, 6) is 4.79. The van der Waals surface area contributed by atoms with E-state index in [1.807, 2.05) is 170 Å². The predicted octanol–water partition coefficient (Wildman–Crippen LogP) is 29.2. The monoisotopic (exact) mass is 1660 g/mol. The van der Waals surface area contributed by atoms with E-state index in [9.17, 15) is 0 Å². The third-order valence-corrected chi connectivity index (χ3v) is 25.8. The first-order valence-electron chi connectivity index (χ1n) is 43.6. The van der Waals surface area contributed by atoms with Gasteiger partial charge in [0.05, 0.1) is 10.8 Å². The van der Waals surface area contributed by atoms with Gasteiger partial charge in [-0.2, -0.15) is 0 Å². The van der Waals surface area contributed by atoms with E-state index >= 15 is 0 Å². The normalized spacial score (nSPS) is 12.7. The molecule has 24 aromatic rings. The van der Waals surface area contributed by atoms with Gasteiger partial charge in [0.1, 0.15) is 33.4 Å². The Kier molecular flexibility index (Phi) is 17.8. The quantitative estimate of drug-likeness (QED) is 0.102. The average Bonchev–Trinajstić information content (AvgIpc) is 1.54. The van der Waals surface area contributed by atoms with E-state index in [4.69, 9.17) is 57.5 Å². The molecular weight excluding hydrogens is 1590 g/mol. The third kappa shape index (κ3) is 12.6. The summed E-state index contributed by atoms with van der Waals surface area (Å²) in [6, 6.07) is 152. The molecule has 0 spiro atoms. The zero-order chi connectivity index (χ0) is 85.8. The van der Waals surface area contributed by atoms with Crippen molar-refractivity contribution >= 4 is 66.1 Å². The Balaban J connectivity index is 0.000000140. The highest BCUT2D eigenvalue weighted by Crippen LogP contribution is 2.59. The lowest BCUT2D eigenvalue weighted by molar-refractivity contribution is 0.618. The number of benzene rings is 18. The van der Waals surface area contributed by atoms with Gasteiger partial charge in [0.15, 0.2) is 46.1 Å². The minimum atomic E-state index is -0.609. The molecule has 0 N–H and O–H groups in total. The Morgan fingerprint density at radius 1 is 0.154 bits per heavy atom. The Labute approximate surface area is 746 Å². The topological polar surface area (TPSA) is 156 Å². The van der Waals surface area contributed by atoms with E-state index < -0.39 is 10.8 Å². The maximum absolute atomic E-state index is 6.50. The van der Waals surface area contributed by atoms with Crippen molar-refractivity contribution in [3.8, 4) is 136 Å². The molecule has 0 radical (unpaired) electrons. The molecule has 6 aromatic heterocycles. The van der Waals surface area contributed by atoms with Gasteiger partial charge in [-0.15, -0.1) is 0 Å². The van der Waals surface area contributed by atoms with Crippen molar-refractivity contribution < 1.29 is 17.7 Å². The SMILES string of the molecule is c1ccc(-c2nc(-c3ccc(-c4ccc(C5(c6ccc7nc(-c8ccccc8)oc7c6)c6ccccc6-c6ccccc65)cc4)cc3)nc(-c3ccc4c(c3)oc3ccccc34)n2)cc1.c1ccc(-c2nc(-c3cccc(-c4ccc(C5(c6ccc7nc(-c8ccccc8)oc7c6)c6ccccc6-c6ccccc65)cc4)c3)nc(-c3ccc4c(c3)oc3ccccc34)n2)cc1. The van der Waals surface area contributed by atoms with Crippen LogP contribution in [0.5, 0.6) is 0 Å². The van der Waals surface area contributed by atoms with Crippen LogP contribution in [0.4, 0.5) is 0 Å². The minimum absolute atomic E-state index is 0.577. The summed E-state index contributed by atoms with van der Waals surface area (Å²) in [6.45, 7) is 0. The minimum Gasteiger partial charge on any atom is -0.456 e. The number of aromatic nitrogens is 8. The molecule has 2 aliphatic carbocycles. The van der Waals surface area contributed by atoms with Gasteiger partial charge in [0.2, 0.25) is 11.8 Å². The molecule has 26 rings (SSSR count).